The first-order valence-electron chi connectivity index (χ1n) is 7.28. The molecule has 5 heteroatoms. The summed E-state index contributed by atoms with van der Waals surface area (Å²) in [6.07, 6.45) is 2.87. The molecule has 1 aromatic rings. The first-order chi connectivity index (χ1) is 9.49. The number of hydrogen-bond donors (Lipinski definition) is 3. The van der Waals surface area contributed by atoms with Crippen LogP contribution < -0.4 is 16.6 Å². The Kier molecular flexibility index (Phi) is 6.45. The molecule has 2 atom stereocenters. The standard InChI is InChI=1S/C15H26N4O/c1-5-10(3)7-11(4)17-15(20)12-8-13(6-2)18-14(9-12)19-16/h8-11H,5-7,16H2,1-4H3,(H,17,20)(H,18,19). The van der Waals surface area contributed by atoms with Crippen LogP contribution in [0.25, 0.3) is 0 Å². The van der Waals surface area contributed by atoms with E-state index in [1.807, 2.05) is 19.9 Å². The molecule has 0 fully saturated rings. The quantitative estimate of drug-likeness (QED) is 0.529. The lowest BCUT2D eigenvalue weighted by Gasteiger charge is -2.18. The van der Waals surface area contributed by atoms with Crippen LogP contribution in [0.2, 0.25) is 0 Å². The van der Waals surface area contributed by atoms with Gasteiger partial charge in [0.1, 0.15) is 5.82 Å². The van der Waals surface area contributed by atoms with Crippen molar-refractivity contribution >= 4 is 11.7 Å². The second-order valence-corrected chi connectivity index (χ2v) is 5.35. The number of nitrogen functional groups attached to an aromatic ring is 1. The maximum absolute atomic E-state index is 12.3. The molecule has 112 valence electrons. The summed E-state index contributed by atoms with van der Waals surface area (Å²) in [4.78, 5) is 16.5. The Morgan fingerprint density at radius 3 is 2.60 bits per heavy atom. The van der Waals surface area contributed by atoms with E-state index in [9.17, 15) is 4.79 Å². The van der Waals surface area contributed by atoms with Gasteiger partial charge in [-0.1, -0.05) is 27.2 Å². The Bertz CT molecular complexity index is 425. The van der Waals surface area contributed by atoms with E-state index < -0.39 is 0 Å². The number of carbonyl (C=O) groups excluding carboxylic acids is 1. The number of aryl methyl sites for hydroxylation is 1. The first-order valence-corrected chi connectivity index (χ1v) is 7.28. The number of hydrazine groups is 1. The third kappa shape index (κ3) is 4.81. The number of rotatable bonds is 7. The van der Waals surface area contributed by atoms with E-state index in [2.05, 4.69) is 29.6 Å². The van der Waals surface area contributed by atoms with Crippen LogP contribution in [0.5, 0.6) is 0 Å². The van der Waals surface area contributed by atoms with Crippen LogP contribution in [-0.4, -0.2) is 16.9 Å². The van der Waals surface area contributed by atoms with Gasteiger partial charge in [-0.3, -0.25) is 4.79 Å². The average Bonchev–Trinajstić information content (AvgIpc) is 2.46. The van der Waals surface area contributed by atoms with E-state index in [0.29, 0.717) is 17.3 Å². The van der Waals surface area contributed by atoms with Crippen LogP contribution in [0.15, 0.2) is 12.1 Å². The summed E-state index contributed by atoms with van der Waals surface area (Å²) < 4.78 is 0. The Morgan fingerprint density at radius 1 is 1.35 bits per heavy atom. The third-order valence-corrected chi connectivity index (χ3v) is 3.48. The normalized spacial score (nSPS) is 13.7. The number of carbonyl (C=O) groups is 1. The van der Waals surface area contributed by atoms with Crippen molar-refractivity contribution < 1.29 is 4.79 Å². The molecule has 0 spiro atoms. The van der Waals surface area contributed by atoms with Crippen molar-refractivity contribution in [2.24, 2.45) is 11.8 Å². The van der Waals surface area contributed by atoms with Gasteiger partial charge in [0.15, 0.2) is 0 Å². The highest BCUT2D eigenvalue weighted by Crippen LogP contribution is 2.13. The number of nitrogens with zero attached hydrogens (tertiary/aromatic N) is 1. The summed E-state index contributed by atoms with van der Waals surface area (Å²) in [6, 6.07) is 3.64. The first kappa shape index (κ1) is 16.4. The largest absolute Gasteiger partial charge is 0.350 e. The fourth-order valence-corrected chi connectivity index (χ4v) is 2.11. The van der Waals surface area contributed by atoms with Gasteiger partial charge in [-0.25, -0.2) is 10.8 Å². The lowest BCUT2D eigenvalue weighted by atomic mass is 10.00. The van der Waals surface area contributed by atoms with Gasteiger partial charge in [0.25, 0.3) is 5.91 Å². The number of nitrogens with two attached hydrogens (primary N) is 1. The highest BCUT2D eigenvalue weighted by atomic mass is 16.1. The molecule has 0 saturated carbocycles. The predicted molar refractivity (Wildman–Crippen MR) is 82.4 cm³/mol. The van der Waals surface area contributed by atoms with Crippen molar-refractivity contribution in [2.45, 2.75) is 53.0 Å². The van der Waals surface area contributed by atoms with Crippen LogP contribution in [0.1, 0.15) is 56.6 Å². The maximum atomic E-state index is 12.3. The van der Waals surface area contributed by atoms with Gasteiger partial charge >= 0.3 is 0 Å². The summed E-state index contributed by atoms with van der Waals surface area (Å²) in [5.74, 6) is 6.43. The van der Waals surface area contributed by atoms with Crippen molar-refractivity contribution in [3.63, 3.8) is 0 Å². The minimum Gasteiger partial charge on any atom is -0.350 e. The highest BCUT2D eigenvalue weighted by Gasteiger charge is 2.13. The number of pyridine rings is 1. The van der Waals surface area contributed by atoms with Crippen LogP contribution in [-0.2, 0) is 6.42 Å². The topological polar surface area (TPSA) is 80.0 Å². The molecule has 0 radical (unpaired) electrons. The number of hydrogen-bond acceptors (Lipinski definition) is 4. The molecule has 0 saturated heterocycles. The van der Waals surface area contributed by atoms with E-state index in [1.165, 1.54) is 0 Å². The van der Waals surface area contributed by atoms with Crippen LogP contribution in [0.3, 0.4) is 0 Å². The van der Waals surface area contributed by atoms with Gasteiger partial charge in [-0.2, -0.15) is 0 Å². The van der Waals surface area contributed by atoms with Gasteiger partial charge in [0.2, 0.25) is 0 Å². The van der Waals surface area contributed by atoms with Crippen molar-refractivity contribution in [3.8, 4) is 0 Å². The molecule has 0 aliphatic rings. The van der Waals surface area contributed by atoms with Crippen molar-refractivity contribution in [1.29, 1.82) is 0 Å². The van der Waals surface area contributed by atoms with Crippen molar-refractivity contribution in [2.75, 3.05) is 5.43 Å². The van der Waals surface area contributed by atoms with E-state index in [4.69, 9.17) is 5.84 Å². The van der Waals surface area contributed by atoms with Crippen molar-refractivity contribution in [1.82, 2.24) is 10.3 Å². The maximum Gasteiger partial charge on any atom is 0.251 e. The zero-order chi connectivity index (χ0) is 15.1. The van der Waals surface area contributed by atoms with Crippen LogP contribution in [0, 0.1) is 5.92 Å². The number of nitrogens with one attached hydrogen (secondary N) is 2. The summed E-state index contributed by atoms with van der Waals surface area (Å²) in [7, 11) is 0. The molecule has 0 aliphatic heterocycles. The smallest absolute Gasteiger partial charge is 0.251 e. The third-order valence-electron chi connectivity index (χ3n) is 3.48. The number of amides is 1. The molecule has 1 amide bonds. The number of aromatic nitrogens is 1. The van der Waals surface area contributed by atoms with E-state index in [0.717, 1.165) is 25.0 Å². The molecule has 4 N–H and O–H groups in total. The van der Waals surface area contributed by atoms with E-state index in [1.54, 1.807) is 6.07 Å². The average molecular weight is 278 g/mol. The molecule has 0 aliphatic carbocycles. The minimum atomic E-state index is -0.0746. The Labute approximate surface area is 121 Å². The van der Waals surface area contributed by atoms with Crippen LogP contribution >= 0.6 is 0 Å². The monoisotopic (exact) mass is 278 g/mol. The zero-order valence-corrected chi connectivity index (χ0v) is 12.9. The summed E-state index contributed by atoms with van der Waals surface area (Å²) >= 11 is 0. The SMILES string of the molecule is CCc1cc(C(=O)NC(C)CC(C)CC)cc(NN)n1. The lowest BCUT2D eigenvalue weighted by molar-refractivity contribution is 0.0935. The molecular formula is C15H26N4O. The highest BCUT2D eigenvalue weighted by molar-refractivity contribution is 5.95. The van der Waals surface area contributed by atoms with Gasteiger partial charge in [-0.15, -0.1) is 0 Å². The summed E-state index contributed by atoms with van der Waals surface area (Å²) in [6.45, 7) is 8.39. The summed E-state index contributed by atoms with van der Waals surface area (Å²) in [5.41, 5.74) is 3.95. The molecular weight excluding hydrogens is 252 g/mol. The van der Waals surface area contributed by atoms with Gasteiger partial charge in [0.05, 0.1) is 0 Å². The Morgan fingerprint density at radius 2 is 2.05 bits per heavy atom. The van der Waals surface area contributed by atoms with Crippen LogP contribution in [0.4, 0.5) is 5.82 Å². The lowest BCUT2D eigenvalue weighted by Crippen LogP contribution is -2.34. The molecule has 20 heavy (non-hydrogen) atoms. The van der Waals surface area contributed by atoms with Gasteiger partial charge in [0, 0.05) is 17.3 Å². The molecule has 2 unspecified atom stereocenters. The van der Waals surface area contributed by atoms with Gasteiger partial charge < -0.3 is 10.7 Å². The molecule has 0 aromatic carbocycles. The zero-order valence-electron chi connectivity index (χ0n) is 12.9. The molecule has 1 rings (SSSR count). The second-order valence-electron chi connectivity index (χ2n) is 5.35. The summed E-state index contributed by atoms with van der Waals surface area (Å²) in [5, 5.41) is 3.03. The molecule has 1 aromatic heterocycles. The molecule has 0 bridgehead atoms. The fourth-order valence-electron chi connectivity index (χ4n) is 2.11. The fraction of sp³-hybridized carbons (Fsp3) is 0.600. The second kappa shape index (κ2) is 7.85. The van der Waals surface area contributed by atoms with Crippen molar-refractivity contribution in [3.05, 3.63) is 23.4 Å². The Hall–Kier alpha value is -1.62. The predicted octanol–water partition coefficient (Wildman–Crippen LogP) is 2.48. The van der Waals surface area contributed by atoms with E-state index >= 15 is 0 Å². The van der Waals surface area contributed by atoms with E-state index in [-0.39, 0.29) is 11.9 Å². The number of anilines is 1. The van der Waals surface area contributed by atoms with Gasteiger partial charge in [-0.05, 0) is 37.8 Å². The minimum absolute atomic E-state index is 0.0746. The Balaban J connectivity index is 2.76. The molecule has 5 nitrogen and oxygen atoms in total. The molecule has 1 heterocycles.